The number of anilines is 1. The molecule has 0 atom stereocenters. The standard InChI is InChI=1S/C21H26N2O3/c1-14(2)18-7-5-6-8-19(18)26-13-20(24)23-17-11-9-16(10-12-17)21(25)22-15(3)4/h5-12,14-15H,13H2,1-4H3,(H,22,25)(H,23,24). The van der Waals surface area contributed by atoms with Crippen molar-refractivity contribution < 1.29 is 14.3 Å². The monoisotopic (exact) mass is 354 g/mol. The lowest BCUT2D eigenvalue weighted by Crippen LogP contribution is -2.30. The van der Waals surface area contributed by atoms with E-state index in [4.69, 9.17) is 4.74 Å². The molecule has 0 aliphatic heterocycles. The van der Waals surface area contributed by atoms with Crippen LogP contribution in [0.1, 0.15) is 49.5 Å². The van der Waals surface area contributed by atoms with E-state index < -0.39 is 0 Å². The Labute approximate surface area is 154 Å². The molecular formula is C21H26N2O3. The van der Waals surface area contributed by atoms with Crippen molar-refractivity contribution in [3.63, 3.8) is 0 Å². The average molecular weight is 354 g/mol. The summed E-state index contributed by atoms with van der Waals surface area (Å²) in [5.74, 6) is 0.659. The van der Waals surface area contributed by atoms with E-state index in [1.165, 1.54) is 0 Å². The minimum Gasteiger partial charge on any atom is -0.483 e. The normalized spacial score (nSPS) is 10.7. The van der Waals surface area contributed by atoms with Crippen LogP contribution >= 0.6 is 0 Å². The minimum atomic E-state index is -0.247. The molecule has 0 heterocycles. The number of benzene rings is 2. The molecule has 0 aliphatic rings. The zero-order valence-electron chi connectivity index (χ0n) is 15.7. The van der Waals surface area contributed by atoms with Crippen molar-refractivity contribution in [2.24, 2.45) is 0 Å². The van der Waals surface area contributed by atoms with Crippen LogP contribution in [0.4, 0.5) is 5.69 Å². The number of rotatable bonds is 7. The Kier molecular flexibility index (Phi) is 6.78. The van der Waals surface area contributed by atoms with E-state index >= 15 is 0 Å². The van der Waals surface area contributed by atoms with Gasteiger partial charge in [0.25, 0.3) is 11.8 Å². The lowest BCUT2D eigenvalue weighted by molar-refractivity contribution is -0.118. The summed E-state index contributed by atoms with van der Waals surface area (Å²) in [4.78, 5) is 24.0. The molecule has 26 heavy (non-hydrogen) atoms. The van der Waals surface area contributed by atoms with Gasteiger partial charge in [-0.1, -0.05) is 32.0 Å². The summed E-state index contributed by atoms with van der Waals surface area (Å²) in [7, 11) is 0. The van der Waals surface area contributed by atoms with Gasteiger partial charge in [0.1, 0.15) is 5.75 Å². The predicted molar refractivity (Wildman–Crippen MR) is 104 cm³/mol. The van der Waals surface area contributed by atoms with Crippen molar-refractivity contribution in [3.05, 3.63) is 59.7 Å². The molecule has 0 aromatic heterocycles. The third-order valence-electron chi connectivity index (χ3n) is 3.75. The number of amides is 2. The molecule has 0 spiro atoms. The molecule has 0 bridgehead atoms. The van der Waals surface area contributed by atoms with Crippen LogP contribution in [-0.2, 0) is 4.79 Å². The second-order valence-corrected chi connectivity index (χ2v) is 6.73. The Morgan fingerprint density at radius 3 is 2.23 bits per heavy atom. The van der Waals surface area contributed by atoms with Crippen LogP contribution < -0.4 is 15.4 Å². The molecule has 138 valence electrons. The molecule has 0 saturated carbocycles. The predicted octanol–water partition coefficient (Wildman–Crippen LogP) is 3.97. The maximum absolute atomic E-state index is 12.1. The molecular weight excluding hydrogens is 328 g/mol. The Morgan fingerprint density at radius 1 is 0.962 bits per heavy atom. The Bertz CT molecular complexity index is 752. The largest absolute Gasteiger partial charge is 0.483 e. The third kappa shape index (κ3) is 5.62. The van der Waals surface area contributed by atoms with Crippen LogP contribution in [0.25, 0.3) is 0 Å². The van der Waals surface area contributed by atoms with Gasteiger partial charge in [0, 0.05) is 17.3 Å². The van der Waals surface area contributed by atoms with Gasteiger partial charge < -0.3 is 15.4 Å². The number of hydrogen-bond acceptors (Lipinski definition) is 3. The second-order valence-electron chi connectivity index (χ2n) is 6.73. The fraction of sp³-hybridized carbons (Fsp3) is 0.333. The van der Waals surface area contributed by atoms with Crippen molar-refractivity contribution in [1.82, 2.24) is 5.32 Å². The summed E-state index contributed by atoms with van der Waals surface area (Å²) < 4.78 is 5.66. The quantitative estimate of drug-likeness (QED) is 0.791. The molecule has 2 aromatic carbocycles. The number of ether oxygens (including phenoxy) is 1. The molecule has 2 amide bonds. The smallest absolute Gasteiger partial charge is 0.262 e. The van der Waals surface area contributed by atoms with E-state index in [0.717, 1.165) is 11.3 Å². The summed E-state index contributed by atoms with van der Waals surface area (Å²) in [6.45, 7) is 7.91. The maximum atomic E-state index is 12.1. The van der Waals surface area contributed by atoms with E-state index in [9.17, 15) is 9.59 Å². The lowest BCUT2D eigenvalue weighted by Gasteiger charge is -2.14. The van der Waals surface area contributed by atoms with Crippen LogP contribution in [0, 0.1) is 0 Å². The van der Waals surface area contributed by atoms with Crippen molar-refractivity contribution in [1.29, 1.82) is 0 Å². The van der Waals surface area contributed by atoms with Crippen LogP contribution in [0.15, 0.2) is 48.5 Å². The van der Waals surface area contributed by atoms with Crippen LogP contribution in [0.2, 0.25) is 0 Å². The fourth-order valence-corrected chi connectivity index (χ4v) is 2.48. The van der Waals surface area contributed by atoms with Crippen molar-refractivity contribution in [3.8, 4) is 5.75 Å². The minimum absolute atomic E-state index is 0.0701. The summed E-state index contributed by atoms with van der Waals surface area (Å²) in [6, 6.07) is 14.6. The zero-order valence-corrected chi connectivity index (χ0v) is 15.7. The molecule has 2 aromatic rings. The highest BCUT2D eigenvalue weighted by Crippen LogP contribution is 2.25. The van der Waals surface area contributed by atoms with E-state index in [0.29, 0.717) is 17.2 Å². The van der Waals surface area contributed by atoms with Crippen LogP contribution in [0.3, 0.4) is 0 Å². The number of carbonyl (C=O) groups is 2. The Morgan fingerprint density at radius 2 is 1.62 bits per heavy atom. The molecule has 2 N–H and O–H groups in total. The van der Waals surface area contributed by atoms with E-state index in [2.05, 4.69) is 24.5 Å². The number of para-hydroxylation sites is 1. The SMILES string of the molecule is CC(C)NC(=O)c1ccc(NC(=O)COc2ccccc2C(C)C)cc1. The van der Waals surface area contributed by atoms with Gasteiger partial charge in [0.05, 0.1) is 0 Å². The highest BCUT2D eigenvalue weighted by molar-refractivity contribution is 5.96. The van der Waals surface area contributed by atoms with E-state index in [1.54, 1.807) is 24.3 Å². The van der Waals surface area contributed by atoms with Crippen LogP contribution in [-0.4, -0.2) is 24.5 Å². The molecule has 2 rings (SSSR count). The first-order valence-corrected chi connectivity index (χ1v) is 8.79. The lowest BCUT2D eigenvalue weighted by atomic mass is 10.0. The van der Waals surface area contributed by atoms with Crippen molar-refractivity contribution >= 4 is 17.5 Å². The summed E-state index contributed by atoms with van der Waals surface area (Å²) >= 11 is 0. The summed E-state index contributed by atoms with van der Waals surface area (Å²) in [5.41, 5.74) is 2.25. The van der Waals surface area contributed by atoms with Gasteiger partial charge in [-0.15, -0.1) is 0 Å². The molecule has 5 heteroatoms. The molecule has 0 aliphatic carbocycles. The number of hydrogen-bond donors (Lipinski definition) is 2. The summed E-state index contributed by atoms with van der Waals surface area (Å²) in [5, 5.41) is 5.60. The molecule has 0 radical (unpaired) electrons. The van der Waals surface area contributed by atoms with Gasteiger partial charge in [-0.3, -0.25) is 9.59 Å². The first-order chi connectivity index (χ1) is 12.4. The van der Waals surface area contributed by atoms with Gasteiger partial charge in [-0.05, 0) is 55.7 Å². The first-order valence-electron chi connectivity index (χ1n) is 8.79. The van der Waals surface area contributed by atoms with Crippen LogP contribution in [0.5, 0.6) is 5.75 Å². The molecule has 0 unspecified atom stereocenters. The highest BCUT2D eigenvalue weighted by atomic mass is 16.5. The maximum Gasteiger partial charge on any atom is 0.262 e. The highest BCUT2D eigenvalue weighted by Gasteiger charge is 2.10. The first kappa shape index (κ1) is 19.5. The van der Waals surface area contributed by atoms with E-state index in [1.807, 2.05) is 38.1 Å². The number of carbonyl (C=O) groups excluding carboxylic acids is 2. The average Bonchev–Trinajstić information content (AvgIpc) is 2.60. The summed E-state index contributed by atoms with van der Waals surface area (Å²) in [6.07, 6.45) is 0. The van der Waals surface area contributed by atoms with Gasteiger partial charge in [0.15, 0.2) is 6.61 Å². The Balaban J connectivity index is 1.91. The van der Waals surface area contributed by atoms with Gasteiger partial charge in [0.2, 0.25) is 0 Å². The molecule has 0 saturated heterocycles. The van der Waals surface area contributed by atoms with E-state index in [-0.39, 0.29) is 24.5 Å². The van der Waals surface area contributed by atoms with Crippen molar-refractivity contribution in [2.75, 3.05) is 11.9 Å². The Hall–Kier alpha value is -2.82. The van der Waals surface area contributed by atoms with Crippen molar-refractivity contribution in [2.45, 2.75) is 39.7 Å². The number of nitrogens with one attached hydrogen (secondary N) is 2. The van der Waals surface area contributed by atoms with Gasteiger partial charge in [-0.2, -0.15) is 0 Å². The third-order valence-corrected chi connectivity index (χ3v) is 3.75. The fourth-order valence-electron chi connectivity index (χ4n) is 2.48. The molecule has 0 fully saturated rings. The molecule has 5 nitrogen and oxygen atoms in total. The van der Waals surface area contributed by atoms with Gasteiger partial charge in [-0.25, -0.2) is 0 Å². The second kappa shape index (κ2) is 9.04. The topological polar surface area (TPSA) is 67.4 Å². The van der Waals surface area contributed by atoms with Gasteiger partial charge >= 0.3 is 0 Å². The zero-order chi connectivity index (χ0) is 19.1.